The number of carbonyl (C=O) groups excluding carboxylic acids is 1. The monoisotopic (exact) mass is 378 g/mol. The van der Waals surface area contributed by atoms with E-state index >= 15 is 0 Å². The summed E-state index contributed by atoms with van der Waals surface area (Å²) in [5.41, 5.74) is 1.70. The first-order valence-electron chi connectivity index (χ1n) is 7.53. The van der Waals surface area contributed by atoms with Gasteiger partial charge in [-0.25, -0.2) is 32.7 Å². The number of aromatic carboxylic acids is 1. The topological polar surface area (TPSA) is 138 Å². The predicted molar refractivity (Wildman–Crippen MR) is 94.4 cm³/mol. The maximum atomic E-state index is 12.3. The highest BCUT2D eigenvalue weighted by Gasteiger charge is 2.21. The minimum Gasteiger partial charge on any atom is -0.478 e. The van der Waals surface area contributed by atoms with Gasteiger partial charge < -0.3 is 5.11 Å². The molecule has 1 aromatic carbocycles. The number of carboxylic acids is 1. The average molecular weight is 378 g/mol. The molecule has 0 atom stereocenters. The molecule has 0 radical (unpaired) electrons. The number of nitrogens with zero attached hydrogens (tertiary/aromatic N) is 2. The first-order valence-corrected chi connectivity index (χ1v) is 9.18. The Morgan fingerprint density at radius 3 is 2.31 bits per heavy atom. The first kappa shape index (κ1) is 19.3. The van der Waals surface area contributed by atoms with Crippen molar-refractivity contribution in [3.05, 3.63) is 52.3 Å². The normalized spacial score (nSPS) is 11.0. The van der Waals surface area contributed by atoms with E-state index in [-0.39, 0.29) is 17.1 Å². The predicted octanol–water partition coefficient (Wildman–Crippen LogP) is 1.75. The molecule has 0 bridgehead atoms. The molecule has 0 aliphatic heterocycles. The van der Waals surface area contributed by atoms with Gasteiger partial charge in [0.25, 0.3) is 0 Å². The third kappa shape index (κ3) is 4.99. The number of urea groups is 1. The molecule has 3 N–H and O–H groups in total. The van der Waals surface area contributed by atoms with Crippen LogP contribution < -0.4 is 10.0 Å². The molecule has 0 spiro atoms. The summed E-state index contributed by atoms with van der Waals surface area (Å²) in [5.74, 6) is -1.92. The Balaban J connectivity index is 2.16. The SMILES string of the molecule is Cc1cc(C)nc(NC(=O)NS(=O)(=O)Cc2c(C)cccc2C(=O)O)n1. The van der Waals surface area contributed by atoms with Crippen LogP contribution in [0, 0.1) is 20.8 Å². The number of benzene rings is 1. The fourth-order valence-electron chi connectivity index (χ4n) is 2.37. The molecule has 10 heteroatoms. The third-order valence-corrected chi connectivity index (χ3v) is 4.60. The Bertz CT molecular complexity index is 952. The first-order chi connectivity index (χ1) is 12.1. The van der Waals surface area contributed by atoms with E-state index in [1.807, 2.05) is 4.72 Å². The molecule has 138 valence electrons. The van der Waals surface area contributed by atoms with E-state index in [0.29, 0.717) is 17.0 Å². The summed E-state index contributed by atoms with van der Waals surface area (Å²) in [7, 11) is -4.13. The van der Waals surface area contributed by atoms with Crippen molar-refractivity contribution in [3.63, 3.8) is 0 Å². The van der Waals surface area contributed by atoms with Gasteiger partial charge >= 0.3 is 12.0 Å². The quantitative estimate of drug-likeness (QED) is 0.720. The minimum absolute atomic E-state index is 0.0303. The molecule has 2 amide bonds. The Morgan fingerprint density at radius 1 is 1.12 bits per heavy atom. The summed E-state index contributed by atoms with van der Waals surface area (Å²) in [6, 6.07) is 5.10. The van der Waals surface area contributed by atoms with Crippen molar-refractivity contribution >= 4 is 28.0 Å². The molecule has 26 heavy (non-hydrogen) atoms. The zero-order valence-electron chi connectivity index (χ0n) is 14.4. The average Bonchev–Trinajstić information content (AvgIpc) is 2.46. The lowest BCUT2D eigenvalue weighted by Gasteiger charge is -2.12. The molecule has 0 saturated heterocycles. The number of aromatic nitrogens is 2. The van der Waals surface area contributed by atoms with Crippen LogP contribution in [0.4, 0.5) is 10.7 Å². The smallest absolute Gasteiger partial charge is 0.336 e. The summed E-state index contributed by atoms with van der Waals surface area (Å²) in [6.45, 7) is 5.01. The van der Waals surface area contributed by atoms with Crippen LogP contribution in [-0.2, 0) is 15.8 Å². The van der Waals surface area contributed by atoms with Crippen molar-refractivity contribution in [1.82, 2.24) is 14.7 Å². The van der Waals surface area contributed by atoms with Crippen LogP contribution in [0.25, 0.3) is 0 Å². The van der Waals surface area contributed by atoms with E-state index in [9.17, 15) is 23.1 Å². The Hall–Kier alpha value is -3.01. The van der Waals surface area contributed by atoms with E-state index in [1.165, 1.54) is 12.1 Å². The number of carboxylic acid groups (broad SMARTS) is 1. The molecule has 0 aliphatic rings. The highest BCUT2D eigenvalue weighted by Crippen LogP contribution is 2.17. The van der Waals surface area contributed by atoms with Crippen LogP contribution in [-0.4, -0.2) is 35.5 Å². The Labute approximate surface area is 150 Å². The van der Waals surface area contributed by atoms with Crippen LogP contribution in [0.2, 0.25) is 0 Å². The molecule has 0 aliphatic carbocycles. The molecule has 9 nitrogen and oxygen atoms in total. The van der Waals surface area contributed by atoms with E-state index < -0.39 is 27.8 Å². The lowest BCUT2D eigenvalue weighted by Crippen LogP contribution is -2.36. The van der Waals surface area contributed by atoms with Crippen LogP contribution in [0.1, 0.15) is 32.9 Å². The number of anilines is 1. The van der Waals surface area contributed by atoms with E-state index in [0.717, 1.165) is 0 Å². The number of carbonyl (C=O) groups is 2. The van der Waals surface area contributed by atoms with Gasteiger partial charge in [-0.2, -0.15) is 0 Å². The van der Waals surface area contributed by atoms with Gasteiger partial charge in [-0.15, -0.1) is 0 Å². The second-order valence-electron chi connectivity index (χ2n) is 5.70. The number of hydrogen-bond donors (Lipinski definition) is 3. The largest absolute Gasteiger partial charge is 0.478 e. The number of aryl methyl sites for hydroxylation is 3. The highest BCUT2D eigenvalue weighted by atomic mass is 32.2. The maximum Gasteiger partial charge on any atom is 0.336 e. The molecule has 1 aromatic heterocycles. The van der Waals surface area contributed by atoms with E-state index in [4.69, 9.17) is 0 Å². The lowest BCUT2D eigenvalue weighted by atomic mass is 10.0. The standard InChI is InChI=1S/C16H18N4O5S/c1-9-5-4-6-12(14(21)22)13(9)8-26(24,25)20-16(23)19-15-17-10(2)7-11(3)18-15/h4-7H,8H2,1-3H3,(H,21,22)(H2,17,18,19,20,23). The van der Waals surface area contributed by atoms with Gasteiger partial charge in [-0.3, -0.25) is 5.32 Å². The molecule has 0 fully saturated rings. The molecule has 1 heterocycles. The minimum atomic E-state index is -4.13. The number of hydrogen-bond acceptors (Lipinski definition) is 6. The van der Waals surface area contributed by atoms with Gasteiger partial charge in [-0.05, 0) is 44.0 Å². The summed E-state index contributed by atoms with van der Waals surface area (Å²) in [4.78, 5) is 31.2. The van der Waals surface area contributed by atoms with Crippen LogP contribution in [0.3, 0.4) is 0 Å². The van der Waals surface area contributed by atoms with Gasteiger partial charge in [0, 0.05) is 11.4 Å². The molecular weight excluding hydrogens is 360 g/mol. The van der Waals surface area contributed by atoms with Crippen LogP contribution in [0.5, 0.6) is 0 Å². The molecule has 2 rings (SSSR count). The molecular formula is C16H18N4O5S. The van der Waals surface area contributed by atoms with Crippen molar-refractivity contribution in [2.24, 2.45) is 0 Å². The summed E-state index contributed by atoms with van der Waals surface area (Å²) >= 11 is 0. The van der Waals surface area contributed by atoms with Crippen molar-refractivity contribution in [2.45, 2.75) is 26.5 Å². The third-order valence-electron chi connectivity index (χ3n) is 3.43. The fourth-order valence-corrected chi connectivity index (χ4v) is 3.54. The van der Waals surface area contributed by atoms with Crippen molar-refractivity contribution in [2.75, 3.05) is 5.32 Å². The van der Waals surface area contributed by atoms with Crippen molar-refractivity contribution < 1.29 is 23.1 Å². The van der Waals surface area contributed by atoms with Gasteiger partial charge in [0.1, 0.15) is 0 Å². The summed E-state index contributed by atoms with van der Waals surface area (Å²) < 4.78 is 26.3. The van der Waals surface area contributed by atoms with Gasteiger partial charge in [0.2, 0.25) is 16.0 Å². The molecule has 2 aromatic rings. The number of rotatable bonds is 5. The zero-order chi connectivity index (χ0) is 19.5. The second kappa shape index (κ2) is 7.48. The van der Waals surface area contributed by atoms with Gasteiger partial charge in [-0.1, -0.05) is 12.1 Å². The second-order valence-corrected chi connectivity index (χ2v) is 7.42. The highest BCUT2D eigenvalue weighted by molar-refractivity contribution is 7.89. The maximum absolute atomic E-state index is 12.3. The number of nitrogens with one attached hydrogen (secondary N) is 2. The Morgan fingerprint density at radius 2 is 1.73 bits per heavy atom. The summed E-state index contributed by atoms with van der Waals surface area (Å²) in [6.07, 6.45) is 0. The van der Waals surface area contributed by atoms with Gasteiger partial charge in [0.15, 0.2) is 0 Å². The van der Waals surface area contributed by atoms with E-state index in [2.05, 4.69) is 15.3 Å². The fraction of sp³-hybridized carbons (Fsp3) is 0.250. The Kier molecular flexibility index (Phi) is 5.56. The lowest BCUT2D eigenvalue weighted by molar-refractivity contribution is 0.0696. The summed E-state index contributed by atoms with van der Waals surface area (Å²) in [5, 5.41) is 11.5. The van der Waals surface area contributed by atoms with Crippen molar-refractivity contribution in [1.29, 1.82) is 0 Å². The number of sulfonamides is 1. The van der Waals surface area contributed by atoms with Crippen LogP contribution in [0.15, 0.2) is 24.3 Å². The van der Waals surface area contributed by atoms with E-state index in [1.54, 1.807) is 32.9 Å². The molecule has 0 saturated carbocycles. The van der Waals surface area contributed by atoms with Gasteiger partial charge in [0.05, 0.1) is 11.3 Å². The van der Waals surface area contributed by atoms with Crippen molar-refractivity contribution in [3.8, 4) is 0 Å². The van der Waals surface area contributed by atoms with Crippen LogP contribution >= 0.6 is 0 Å². The molecule has 0 unspecified atom stereocenters. The number of amides is 2. The zero-order valence-corrected chi connectivity index (χ0v) is 15.2.